The van der Waals surface area contributed by atoms with Crippen molar-refractivity contribution in [2.24, 2.45) is 10.8 Å². The van der Waals surface area contributed by atoms with Gasteiger partial charge in [-0.15, -0.1) is 0 Å². The molecule has 0 aromatic heterocycles. The van der Waals surface area contributed by atoms with E-state index in [1.165, 1.54) is 55.6 Å². The molecule has 11 heteroatoms. The Balaban J connectivity index is 0.000000132. The van der Waals surface area contributed by atoms with Gasteiger partial charge in [0, 0.05) is 140 Å². The number of hydrogen-bond donors (Lipinski definition) is 2. The van der Waals surface area contributed by atoms with Crippen molar-refractivity contribution in [2.45, 2.75) is 166 Å². The molecule has 4 fully saturated rings. The summed E-state index contributed by atoms with van der Waals surface area (Å²) in [6.07, 6.45) is 2.28. The van der Waals surface area contributed by atoms with Gasteiger partial charge in [0.15, 0.2) is 0 Å². The van der Waals surface area contributed by atoms with Gasteiger partial charge in [-0.3, -0.25) is 24.5 Å². The molecule has 8 atom stereocenters. The highest BCUT2D eigenvalue weighted by Gasteiger charge is 2.44. The number of aliphatic hydroxyl groups excluding tert-OH is 1. The number of likely N-dealkylation sites (tertiary alicyclic amines) is 1. The van der Waals surface area contributed by atoms with Crippen LogP contribution in [0.15, 0.2) is 194 Å². The number of hydrogen-bond acceptors (Lipinski definition) is 7. The average Bonchev–Trinajstić information content (AvgIpc) is 1.71. The molecule has 8 aliphatic rings. The van der Waals surface area contributed by atoms with Crippen molar-refractivity contribution in [3.63, 3.8) is 0 Å². The lowest BCUT2D eigenvalue weighted by Crippen LogP contribution is -2.58. The third-order valence-corrected chi connectivity index (χ3v) is 22.7. The number of rotatable bonds is 7. The highest BCUT2D eigenvalue weighted by molar-refractivity contribution is 6.31. The summed E-state index contributed by atoms with van der Waals surface area (Å²) < 4.78 is 89.7. The highest BCUT2D eigenvalue weighted by Crippen LogP contribution is 2.52. The summed E-state index contributed by atoms with van der Waals surface area (Å²) in [6, 6.07) is 66.6. The molecule has 0 saturated carbocycles. The maximum atomic E-state index is 10.1. The Hall–Kier alpha value is -5.36. The van der Waals surface area contributed by atoms with Gasteiger partial charge in [-0.1, -0.05) is 220 Å². The molecule has 4 aliphatic heterocycles. The fourth-order valence-corrected chi connectivity index (χ4v) is 17.2. The molecule has 4 heterocycles. The van der Waals surface area contributed by atoms with E-state index in [-0.39, 0.29) is 47.0 Å². The summed E-state index contributed by atoms with van der Waals surface area (Å²) in [7, 11) is 1.89. The van der Waals surface area contributed by atoms with Crippen LogP contribution >= 0.6 is 46.4 Å². The third kappa shape index (κ3) is 17.5. The fraction of sp³-hybridized carbons (Fsp3) is 0.455. The van der Waals surface area contributed by atoms with Crippen LogP contribution in [-0.2, 0) is 0 Å². The predicted molar refractivity (Wildman–Crippen MR) is 418 cm³/mol. The summed E-state index contributed by atoms with van der Waals surface area (Å²) in [5.41, 5.74) is 13.9. The minimum absolute atomic E-state index is 0.0167. The van der Waals surface area contributed by atoms with Crippen LogP contribution in [0.5, 0.6) is 0 Å². The number of nitrogens with zero attached hydrogens (tertiary/aromatic N) is 5. The predicted octanol–water partition coefficient (Wildman–Crippen LogP) is 21.2. The molecule has 8 aromatic rings. The molecule has 8 aromatic carbocycles. The van der Waals surface area contributed by atoms with Gasteiger partial charge in [0.05, 0.1) is 6.10 Å². The van der Waals surface area contributed by atoms with Gasteiger partial charge in [0.2, 0.25) is 0 Å². The quantitative estimate of drug-likeness (QED) is 0.165. The molecule has 16 rings (SSSR count). The Labute approximate surface area is 629 Å². The molecule has 7 nitrogen and oxygen atoms in total. The van der Waals surface area contributed by atoms with Gasteiger partial charge in [-0.2, -0.15) is 0 Å². The van der Waals surface area contributed by atoms with Gasteiger partial charge in [-0.05, 0) is 232 Å². The van der Waals surface area contributed by atoms with Gasteiger partial charge in [-0.25, -0.2) is 0 Å². The minimum atomic E-state index is -2.50. The first-order valence-corrected chi connectivity index (χ1v) is 37.0. The van der Waals surface area contributed by atoms with Crippen LogP contribution in [0.3, 0.4) is 0 Å². The lowest BCUT2D eigenvalue weighted by molar-refractivity contribution is 0.0158. The molecule has 4 saturated heterocycles. The second-order valence-electron chi connectivity index (χ2n) is 31.3. The lowest BCUT2D eigenvalue weighted by atomic mass is 9.83. The third-order valence-electron chi connectivity index (χ3n) is 21.7. The standard InChI is InChI=1S/2C22H27ClN2.C22H26ClN.C15H13ClO.C7H15N/c2*1-22(2)15-25(12-11-24(22)3)21-14-19(16-7-5-4-6-8-16)18-10-9-17(23)13-20(18)21;1-22(2)11-6-12-24(15-22)21-14-19(16-7-4-3-5-8-16)18-10-9-17(23)13-20(18)21;16-11-6-7-12-13(9-15(17)14(12)8-11)10-4-2-1-3-5-10;1-7(2)4-3-5-8-6-7/h2*4-10,13,19,21H,11-12,14-15H2,1-3H3;3-5,7-10,13,19,21H,6,11-12,14-15H2,1-2H3;1-8,13,15,17H,9H2;8H,3-6H2,1-2H3/t3*19-,21+;13-,15-;/m0000./s1/i3D3,11D2;11D2;6D2;;3D2. The van der Waals surface area contributed by atoms with Crippen molar-refractivity contribution in [1.82, 2.24) is 29.8 Å². The van der Waals surface area contributed by atoms with Gasteiger partial charge in [0.1, 0.15) is 0 Å². The molecule has 0 radical (unpaired) electrons. The smallest absolute Gasteiger partial charge is 0.0802 e. The number of halogens is 4. The van der Waals surface area contributed by atoms with Crippen LogP contribution in [0.25, 0.3) is 0 Å². The fourth-order valence-electron chi connectivity index (χ4n) is 16.4. The van der Waals surface area contributed by atoms with Crippen LogP contribution in [0.2, 0.25) is 20.1 Å². The number of likely N-dealkylation sites (N-methyl/N-ethyl adjacent to an activating group) is 2. The van der Waals surface area contributed by atoms with Crippen molar-refractivity contribution < 1.29 is 20.2 Å². The first-order valence-electron chi connectivity index (χ1n) is 41.0. The minimum Gasteiger partial charge on any atom is -0.388 e. The van der Waals surface area contributed by atoms with Crippen molar-refractivity contribution in [3.05, 3.63) is 281 Å². The first-order chi connectivity index (χ1) is 51.5. The molecule has 0 amide bonds. The van der Waals surface area contributed by atoms with E-state index in [4.69, 9.17) is 61.5 Å². The summed E-state index contributed by atoms with van der Waals surface area (Å²) in [4.78, 5) is 9.74. The molecular weight excluding hydrogens is 1300 g/mol. The van der Waals surface area contributed by atoms with Crippen molar-refractivity contribution in [2.75, 3.05) is 79.4 Å². The van der Waals surface area contributed by atoms with Crippen LogP contribution in [0, 0.1) is 10.8 Å². The van der Waals surface area contributed by atoms with E-state index in [2.05, 4.69) is 177 Å². The Bertz CT molecular complexity index is 4410. The van der Waals surface area contributed by atoms with Crippen LogP contribution in [-0.4, -0.2) is 120 Å². The molecule has 4 aliphatic carbocycles. The zero-order valence-electron chi connectivity index (χ0n) is 70.2. The molecule has 0 bridgehead atoms. The number of nitrogens with one attached hydrogen (secondary N) is 1. The van der Waals surface area contributed by atoms with Crippen molar-refractivity contribution >= 4 is 46.4 Å². The topological polar surface area (TPSA) is 48.5 Å². The Morgan fingerprint density at radius 3 is 1.09 bits per heavy atom. The van der Waals surface area contributed by atoms with E-state index >= 15 is 0 Å². The van der Waals surface area contributed by atoms with Crippen LogP contribution < -0.4 is 5.32 Å². The number of benzene rings is 8. The summed E-state index contributed by atoms with van der Waals surface area (Å²) in [5.74, 6) is 1.18. The van der Waals surface area contributed by atoms with Crippen molar-refractivity contribution in [1.29, 1.82) is 0 Å². The van der Waals surface area contributed by atoms with E-state index in [1.54, 1.807) is 0 Å². The lowest BCUT2D eigenvalue weighted by Gasteiger charge is -2.47. The van der Waals surface area contributed by atoms with Gasteiger partial charge < -0.3 is 10.4 Å². The molecule has 2 N–H and O–H groups in total. The van der Waals surface area contributed by atoms with Crippen LogP contribution in [0.4, 0.5) is 0 Å². The van der Waals surface area contributed by atoms with Gasteiger partial charge >= 0.3 is 0 Å². The Kier molecular flexibility index (Phi) is 19.2. The zero-order valence-corrected chi connectivity index (χ0v) is 62.2. The molecular formula is C88H108Cl4N6O. The molecule has 99 heavy (non-hydrogen) atoms. The zero-order chi connectivity index (χ0) is 79.5. The number of piperidine rings is 2. The molecule has 524 valence electrons. The summed E-state index contributed by atoms with van der Waals surface area (Å²) >= 11 is 25.0. The molecule has 0 spiro atoms. The summed E-state index contributed by atoms with van der Waals surface area (Å²) in [6.45, 7) is 15.2. The maximum Gasteiger partial charge on any atom is 0.0802 e. The van der Waals surface area contributed by atoms with Crippen molar-refractivity contribution in [3.8, 4) is 0 Å². The van der Waals surface area contributed by atoms with E-state index in [9.17, 15) is 5.11 Å². The largest absolute Gasteiger partial charge is 0.388 e. The maximum absolute atomic E-state index is 10.1. The average molecular weight is 1420 g/mol. The molecule has 0 unspecified atom stereocenters. The summed E-state index contributed by atoms with van der Waals surface area (Å²) in [5, 5.41) is 16.0. The van der Waals surface area contributed by atoms with E-state index < -0.39 is 44.4 Å². The van der Waals surface area contributed by atoms with E-state index in [0.717, 1.165) is 71.4 Å². The number of piperazine rings is 2. The monoisotopic (exact) mass is 1420 g/mol. The first kappa shape index (κ1) is 60.1. The SMILES string of the molecule is O[C@H]1C[C@@H](c2ccccc2)c2ccc(Cl)cc21.[2H]C([2H])([2H])N1C([2H])([2H])CN([C@@H]2C[C@@H](c3ccccc3)c3ccc(Cl)cc32)CC1(C)C.[2H]C1([2H])CN([C@@H]2C[C@@H](c3ccccc3)c3ccc(Cl)cc32)CC(C)(C)C1.[2H]C1([2H])CN([C@@H]2C[C@@H](c3ccccc3)c3ccc(Cl)cc32)CC(C)(C)N1C.[2H]C1([2H])CNCC(C)(C)C1. The second-order valence-corrected chi connectivity index (χ2v) is 33.0. The van der Waals surface area contributed by atoms with Crippen LogP contribution in [0.1, 0.15) is 236 Å². The van der Waals surface area contributed by atoms with E-state index in [0.29, 0.717) is 66.8 Å². The highest BCUT2D eigenvalue weighted by atomic mass is 35.5. The second kappa shape index (κ2) is 31.7. The number of fused-ring (bicyclic) bond motifs is 4. The number of aliphatic hydroxyl groups is 1. The Morgan fingerprint density at radius 1 is 0.404 bits per heavy atom. The van der Waals surface area contributed by atoms with E-state index in [1.807, 2.05) is 105 Å². The Morgan fingerprint density at radius 2 is 0.747 bits per heavy atom. The van der Waals surface area contributed by atoms with Gasteiger partial charge in [0.25, 0.3) is 0 Å². The normalized spacial score (nSPS) is 29.7.